The van der Waals surface area contributed by atoms with E-state index in [1.54, 1.807) is 0 Å². The van der Waals surface area contributed by atoms with E-state index in [2.05, 4.69) is 0 Å². The van der Waals surface area contributed by atoms with Gasteiger partial charge in [-0.3, -0.25) is 20.8 Å². The smallest absolute Gasteiger partial charge is 0.342 e. The van der Waals surface area contributed by atoms with E-state index in [0.717, 1.165) is 0 Å². The summed E-state index contributed by atoms with van der Waals surface area (Å²) >= 11 is 0. The zero-order valence-electron chi connectivity index (χ0n) is 7.10. The molecule has 0 aliphatic rings. The molecule has 0 unspecified atom stereocenters. The van der Waals surface area contributed by atoms with Crippen LogP contribution in [0.5, 0.6) is 0 Å². The molecule has 0 spiro atoms. The third kappa shape index (κ3) is 1.99. The number of nitro benzene ring substituents is 1. The zero-order chi connectivity index (χ0) is 11.6. The number of anilines is 1. The lowest BCUT2D eigenvalue weighted by Gasteiger charge is -2.03. The molecule has 15 heavy (non-hydrogen) atoms. The van der Waals surface area contributed by atoms with Crippen LogP contribution in [0.3, 0.4) is 0 Å². The number of halogens is 1. The molecule has 0 fully saturated rings. The molecule has 0 aromatic heterocycles. The van der Waals surface area contributed by atoms with Gasteiger partial charge in [-0.15, -0.1) is 0 Å². The molecule has 1 rings (SSSR count). The van der Waals surface area contributed by atoms with Gasteiger partial charge in [-0.1, -0.05) is 0 Å². The van der Waals surface area contributed by atoms with Crippen molar-refractivity contribution in [2.24, 2.45) is 0 Å². The largest absolute Gasteiger partial charge is 0.477 e. The molecular formula is C7H5FN2O5. The summed E-state index contributed by atoms with van der Waals surface area (Å²) < 4.78 is 12.9. The van der Waals surface area contributed by atoms with E-state index in [1.165, 1.54) is 5.48 Å². The number of nitro groups is 1. The summed E-state index contributed by atoms with van der Waals surface area (Å²) in [6.45, 7) is 0. The minimum atomic E-state index is -1.59. The van der Waals surface area contributed by atoms with E-state index in [-0.39, 0.29) is 0 Å². The molecule has 0 saturated carbocycles. The maximum Gasteiger partial charge on any atom is 0.342 e. The van der Waals surface area contributed by atoms with Gasteiger partial charge in [-0.25, -0.2) is 9.18 Å². The van der Waals surface area contributed by atoms with Gasteiger partial charge in [0.2, 0.25) is 0 Å². The fraction of sp³-hybridized carbons (Fsp3) is 0. The van der Waals surface area contributed by atoms with Crippen molar-refractivity contribution >= 4 is 17.3 Å². The van der Waals surface area contributed by atoms with Crippen molar-refractivity contribution < 1.29 is 24.4 Å². The summed E-state index contributed by atoms with van der Waals surface area (Å²) in [7, 11) is 0. The zero-order valence-corrected chi connectivity index (χ0v) is 7.10. The van der Waals surface area contributed by atoms with Gasteiger partial charge in [0.1, 0.15) is 5.56 Å². The Morgan fingerprint density at radius 2 is 2.13 bits per heavy atom. The quantitative estimate of drug-likeness (QED) is 0.517. The lowest BCUT2D eigenvalue weighted by molar-refractivity contribution is -0.385. The van der Waals surface area contributed by atoms with Crippen LogP contribution in [-0.4, -0.2) is 21.2 Å². The third-order valence-corrected chi connectivity index (χ3v) is 1.63. The molecular weight excluding hydrogens is 211 g/mol. The van der Waals surface area contributed by atoms with Gasteiger partial charge in [0.15, 0.2) is 5.82 Å². The first-order chi connectivity index (χ1) is 6.97. The highest BCUT2D eigenvalue weighted by atomic mass is 19.1. The molecule has 1 aromatic carbocycles. The Labute approximate surface area is 81.9 Å². The van der Waals surface area contributed by atoms with Crippen LogP contribution in [0.4, 0.5) is 15.8 Å². The van der Waals surface area contributed by atoms with Crippen LogP contribution in [0.1, 0.15) is 10.4 Å². The topological polar surface area (TPSA) is 113 Å². The minimum absolute atomic E-state index is 0.419. The van der Waals surface area contributed by atoms with Crippen molar-refractivity contribution in [3.05, 3.63) is 33.6 Å². The van der Waals surface area contributed by atoms with Crippen LogP contribution in [0.25, 0.3) is 0 Å². The number of carboxylic acid groups (broad SMARTS) is 1. The Morgan fingerprint density at radius 3 is 2.53 bits per heavy atom. The molecule has 8 heteroatoms. The van der Waals surface area contributed by atoms with Crippen molar-refractivity contribution in [2.45, 2.75) is 0 Å². The number of nitrogens with zero attached hydrogens (tertiary/aromatic N) is 1. The molecule has 3 N–H and O–H groups in total. The first kappa shape index (κ1) is 10.9. The molecule has 0 aliphatic heterocycles. The average molecular weight is 216 g/mol. The van der Waals surface area contributed by atoms with Crippen LogP contribution < -0.4 is 5.48 Å². The number of carboxylic acids is 1. The van der Waals surface area contributed by atoms with Crippen molar-refractivity contribution in [1.82, 2.24) is 0 Å². The highest BCUT2D eigenvalue weighted by Gasteiger charge is 2.22. The molecule has 0 heterocycles. The number of benzene rings is 1. The predicted octanol–water partition coefficient (Wildman–Crippen LogP) is 1.23. The van der Waals surface area contributed by atoms with Crippen LogP contribution in [0.15, 0.2) is 12.1 Å². The number of aromatic carboxylic acids is 1. The van der Waals surface area contributed by atoms with Gasteiger partial charge in [-0.2, -0.15) is 0 Å². The average Bonchev–Trinajstić information content (AvgIpc) is 2.16. The maximum absolute atomic E-state index is 12.9. The Kier molecular flexibility index (Phi) is 2.81. The summed E-state index contributed by atoms with van der Waals surface area (Å²) in [5, 5.41) is 27.4. The van der Waals surface area contributed by atoms with Crippen LogP contribution in [0.2, 0.25) is 0 Å². The molecule has 0 amide bonds. The second kappa shape index (κ2) is 3.88. The van der Waals surface area contributed by atoms with E-state index in [9.17, 15) is 19.3 Å². The van der Waals surface area contributed by atoms with Crippen LogP contribution >= 0.6 is 0 Å². The summed E-state index contributed by atoms with van der Waals surface area (Å²) in [5.74, 6) is -2.70. The first-order valence-corrected chi connectivity index (χ1v) is 3.58. The Hall–Kier alpha value is -2.22. The van der Waals surface area contributed by atoms with Crippen molar-refractivity contribution in [2.75, 3.05) is 5.48 Å². The molecule has 0 bridgehead atoms. The van der Waals surface area contributed by atoms with Crippen molar-refractivity contribution in [3.63, 3.8) is 0 Å². The standard InChI is InChI=1S/C7H5FN2O5/c8-4-2-6(10(14)15)3(7(11)12)1-5(4)9-13/h1-2,9,13H,(H,11,12). The maximum atomic E-state index is 12.9. The Bertz CT molecular complexity index is 434. The fourth-order valence-corrected chi connectivity index (χ4v) is 0.971. The molecule has 0 aliphatic carbocycles. The lowest BCUT2D eigenvalue weighted by atomic mass is 10.1. The second-order valence-corrected chi connectivity index (χ2v) is 2.52. The summed E-state index contributed by atoms with van der Waals surface area (Å²) in [5.41, 5.74) is -0.734. The Morgan fingerprint density at radius 1 is 1.53 bits per heavy atom. The number of rotatable bonds is 3. The van der Waals surface area contributed by atoms with E-state index in [0.29, 0.717) is 12.1 Å². The number of carbonyl (C=O) groups is 1. The monoisotopic (exact) mass is 216 g/mol. The second-order valence-electron chi connectivity index (χ2n) is 2.52. The van der Waals surface area contributed by atoms with E-state index < -0.39 is 33.6 Å². The SMILES string of the molecule is O=C(O)c1cc(NO)c(F)cc1[N+](=O)[O-]. The van der Waals surface area contributed by atoms with E-state index in [4.69, 9.17) is 10.3 Å². The number of hydrogen-bond donors (Lipinski definition) is 3. The third-order valence-electron chi connectivity index (χ3n) is 1.63. The van der Waals surface area contributed by atoms with E-state index in [1.807, 2.05) is 0 Å². The number of nitrogens with one attached hydrogen (secondary N) is 1. The molecule has 7 nitrogen and oxygen atoms in total. The van der Waals surface area contributed by atoms with Crippen LogP contribution in [-0.2, 0) is 0 Å². The first-order valence-electron chi connectivity index (χ1n) is 3.58. The number of hydrogen-bond acceptors (Lipinski definition) is 5. The highest BCUT2D eigenvalue weighted by Crippen LogP contribution is 2.25. The molecule has 1 aromatic rings. The van der Waals surface area contributed by atoms with Gasteiger partial charge in [0.05, 0.1) is 16.7 Å². The Balaban J connectivity index is 3.45. The van der Waals surface area contributed by atoms with Gasteiger partial charge in [0, 0.05) is 0 Å². The van der Waals surface area contributed by atoms with Crippen molar-refractivity contribution in [3.8, 4) is 0 Å². The highest BCUT2D eigenvalue weighted by molar-refractivity contribution is 5.93. The fourth-order valence-electron chi connectivity index (χ4n) is 0.971. The lowest BCUT2D eigenvalue weighted by Crippen LogP contribution is -2.05. The van der Waals surface area contributed by atoms with Gasteiger partial charge in [0.25, 0.3) is 5.69 Å². The molecule has 0 radical (unpaired) electrons. The van der Waals surface area contributed by atoms with Gasteiger partial charge < -0.3 is 5.11 Å². The molecule has 80 valence electrons. The van der Waals surface area contributed by atoms with Gasteiger partial charge in [-0.05, 0) is 6.07 Å². The minimum Gasteiger partial charge on any atom is -0.477 e. The van der Waals surface area contributed by atoms with Crippen LogP contribution in [0, 0.1) is 15.9 Å². The summed E-state index contributed by atoms with van der Waals surface area (Å²) in [4.78, 5) is 19.9. The van der Waals surface area contributed by atoms with Gasteiger partial charge >= 0.3 is 5.97 Å². The molecule has 0 saturated heterocycles. The van der Waals surface area contributed by atoms with Crippen molar-refractivity contribution in [1.29, 1.82) is 0 Å². The summed E-state index contributed by atoms with van der Waals surface area (Å²) in [6.07, 6.45) is 0. The normalized spacial score (nSPS) is 9.73. The van der Waals surface area contributed by atoms with E-state index >= 15 is 0 Å². The summed E-state index contributed by atoms with van der Waals surface area (Å²) in [6, 6.07) is 1.05. The predicted molar refractivity (Wildman–Crippen MR) is 45.4 cm³/mol. The molecule has 0 atom stereocenters.